The summed E-state index contributed by atoms with van der Waals surface area (Å²) in [6.45, 7) is 2.59. The van der Waals surface area contributed by atoms with Crippen LogP contribution in [0.15, 0.2) is 66.7 Å². The largest absolute Gasteiger partial charge is 0.348 e. The van der Waals surface area contributed by atoms with Crippen LogP contribution in [0.2, 0.25) is 0 Å². The van der Waals surface area contributed by atoms with Gasteiger partial charge >= 0.3 is 0 Å². The molecule has 0 aliphatic carbocycles. The van der Waals surface area contributed by atoms with Crippen molar-refractivity contribution in [1.29, 1.82) is 0 Å². The summed E-state index contributed by atoms with van der Waals surface area (Å²) < 4.78 is 42.0. The van der Waals surface area contributed by atoms with Gasteiger partial charge in [-0.05, 0) is 61.1 Å². The molecule has 0 spiro atoms. The smallest absolute Gasteiger partial charge is 0.254 e. The highest BCUT2D eigenvalue weighted by Gasteiger charge is 2.43. The maximum atomic E-state index is 14.2. The van der Waals surface area contributed by atoms with Crippen LogP contribution in [0, 0.1) is 30.3 Å². The lowest BCUT2D eigenvalue weighted by Gasteiger charge is -2.37. The van der Waals surface area contributed by atoms with Gasteiger partial charge in [0.15, 0.2) is 11.6 Å². The van der Waals surface area contributed by atoms with Crippen LogP contribution in [0.5, 0.6) is 0 Å². The monoisotopic (exact) mass is 563 g/mol. The van der Waals surface area contributed by atoms with Crippen molar-refractivity contribution in [2.45, 2.75) is 44.7 Å². The standard InChI is InChI=1S/C32H32F3N3O3/c1-20-25(12-13-26(34)31(20)35)32(41)38-14-6-10-23-18-37(19-28(23)38)30(40)17-27(22-9-5-11-24(33)16-22)36-29(39)15-21-7-3-2-4-8-21/h2-5,7-9,11-13,16,23,27-28H,6,10,14-15,17-19H2,1H3,(H,36,39)/t23-,27?,28-/m1/s1. The van der Waals surface area contributed by atoms with Gasteiger partial charge in [0.2, 0.25) is 11.8 Å². The number of carbonyl (C=O) groups excluding carboxylic acids is 3. The van der Waals surface area contributed by atoms with E-state index in [0.29, 0.717) is 25.2 Å². The summed E-state index contributed by atoms with van der Waals surface area (Å²) in [5.41, 5.74) is 1.38. The molecule has 3 aromatic rings. The summed E-state index contributed by atoms with van der Waals surface area (Å²) in [5, 5.41) is 2.91. The van der Waals surface area contributed by atoms with Gasteiger partial charge in [0, 0.05) is 30.8 Å². The van der Waals surface area contributed by atoms with Gasteiger partial charge in [0.25, 0.3) is 5.91 Å². The van der Waals surface area contributed by atoms with Gasteiger partial charge in [-0.25, -0.2) is 13.2 Å². The van der Waals surface area contributed by atoms with Crippen LogP contribution in [0.25, 0.3) is 0 Å². The van der Waals surface area contributed by atoms with Crippen molar-refractivity contribution >= 4 is 17.7 Å². The molecule has 3 amide bonds. The zero-order chi connectivity index (χ0) is 29.1. The predicted molar refractivity (Wildman–Crippen MR) is 147 cm³/mol. The number of hydrogen-bond acceptors (Lipinski definition) is 3. The molecule has 6 nitrogen and oxygen atoms in total. The molecule has 3 atom stereocenters. The highest BCUT2D eigenvalue weighted by atomic mass is 19.2. The Morgan fingerprint density at radius 3 is 2.51 bits per heavy atom. The highest BCUT2D eigenvalue weighted by molar-refractivity contribution is 5.96. The number of hydrogen-bond donors (Lipinski definition) is 1. The zero-order valence-corrected chi connectivity index (χ0v) is 22.8. The van der Waals surface area contributed by atoms with Gasteiger partial charge in [-0.1, -0.05) is 42.5 Å². The second-order valence-corrected chi connectivity index (χ2v) is 10.8. The third-order valence-corrected chi connectivity index (χ3v) is 8.14. The van der Waals surface area contributed by atoms with Crippen LogP contribution in [0.4, 0.5) is 13.2 Å². The van der Waals surface area contributed by atoms with E-state index in [9.17, 15) is 27.6 Å². The quantitative estimate of drug-likeness (QED) is 0.442. The van der Waals surface area contributed by atoms with E-state index in [1.807, 2.05) is 30.3 Å². The van der Waals surface area contributed by atoms with E-state index in [1.54, 1.807) is 21.9 Å². The molecule has 0 bridgehead atoms. The van der Waals surface area contributed by atoms with Gasteiger partial charge in [0.05, 0.1) is 24.9 Å². The predicted octanol–water partition coefficient (Wildman–Crippen LogP) is 4.97. The summed E-state index contributed by atoms with van der Waals surface area (Å²) in [6, 6.07) is 16.3. The van der Waals surface area contributed by atoms with E-state index >= 15 is 0 Å². The molecule has 0 radical (unpaired) electrons. The molecule has 41 heavy (non-hydrogen) atoms. The second-order valence-electron chi connectivity index (χ2n) is 10.8. The molecule has 2 heterocycles. The van der Waals surface area contributed by atoms with Crippen LogP contribution in [-0.2, 0) is 16.0 Å². The lowest BCUT2D eigenvalue weighted by molar-refractivity contribution is -0.131. The molecule has 1 unspecified atom stereocenters. The van der Waals surface area contributed by atoms with Crippen molar-refractivity contribution in [3.8, 4) is 0 Å². The summed E-state index contributed by atoms with van der Waals surface area (Å²) in [5.74, 6) is -3.34. The minimum absolute atomic E-state index is 0.0350. The normalized spacial score (nSPS) is 19.0. The van der Waals surface area contributed by atoms with E-state index in [0.717, 1.165) is 24.5 Å². The van der Waals surface area contributed by atoms with Crippen LogP contribution >= 0.6 is 0 Å². The highest BCUT2D eigenvalue weighted by Crippen LogP contribution is 2.33. The summed E-state index contributed by atoms with van der Waals surface area (Å²) in [6.07, 6.45) is 1.62. The van der Waals surface area contributed by atoms with Gasteiger partial charge in [-0.2, -0.15) is 0 Å². The van der Waals surface area contributed by atoms with Crippen molar-refractivity contribution in [3.63, 3.8) is 0 Å². The molecule has 2 aliphatic heterocycles. The van der Waals surface area contributed by atoms with Crippen molar-refractivity contribution in [2.24, 2.45) is 5.92 Å². The van der Waals surface area contributed by atoms with Crippen molar-refractivity contribution < 1.29 is 27.6 Å². The molecule has 3 aromatic carbocycles. The number of piperidine rings is 1. The fourth-order valence-corrected chi connectivity index (χ4v) is 5.98. The number of nitrogens with zero attached hydrogens (tertiary/aromatic N) is 2. The van der Waals surface area contributed by atoms with Crippen LogP contribution in [-0.4, -0.2) is 53.2 Å². The number of amides is 3. The topological polar surface area (TPSA) is 69.7 Å². The van der Waals surface area contributed by atoms with Crippen molar-refractivity contribution in [3.05, 3.63) is 106 Å². The molecule has 0 aromatic heterocycles. The molecule has 1 N–H and O–H groups in total. The molecule has 2 fully saturated rings. The number of carbonyl (C=O) groups is 3. The number of nitrogens with one attached hydrogen (secondary N) is 1. The Bertz CT molecular complexity index is 1450. The number of likely N-dealkylation sites (tertiary alicyclic amines) is 2. The fraction of sp³-hybridized carbons (Fsp3) is 0.344. The van der Waals surface area contributed by atoms with Gasteiger partial charge in [-0.15, -0.1) is 0 Å². The average molecular weight is 564 g/mol. The van der Waals surface area contributed by atoms with E-state index in [4.69, 9.17) is 0 Å². The van der Waals surface area contributed by atoms with Crippen molar-refractivity contribution in [1.82, 2.24) is 15.1 Å². The molecule has 0 saturated carbocycles. The van der Waals surface area contributed by atoms with E-state index in [2.05, 4.69) is 5.32 Å². The summed E-state index contributed by atoms with van der Waals surface area (Å²) >= 11 is 0. The van der Waals surface area contributed by atoms with Gasteiger partial charge in [-0.3, -0.25) is 14.4 Å². The van der Waals surface area contributed by atoms with Crippen LogP contribution in [0.1, 0.15) is 52.4 Å². The minimum atomic E-state index is -1.04. The molecule has 5 rings (SSSR count). The van der Waals surface area contributed by atoms with Crippen LogP contribution < -0.4 is 5.32 Å². The van der Waals surface area contributed by atoms with E-state index in [-0.39, 0.29) is 53.6 Å². The zero-order valence-electron chi connectivity index (χ0n) is 22.8. The van der Waals surface area contributed by atoms with Crippen molar-refractivity contribution in [2.75, 3.05) is 19.6 Å². The SMILES string of the molecule is Cc1c(C(=O)N2CCC[C@@H]3CN(C(=O)CC(NC(=O)Cc4ccccc4)c4cccc(F)c4)C[C@H]32)ccc(F)c1F. The first-order valence-corrected chi connectivity index (χ1v) is 13.8. The summed E-state index contributed by atoms with van der Waals surface area (Å²) in [4.78, 5) is 43.2. The first kappa shape index (κ1) is 28.4. The lowest BCUT2D eigenvalue weighted by atomic mass is 9.91. The van der Waals surface area contributed by atoms with Crippen LogP contribution in [0.3, 0.4) is 0 Å². The molecular formula is C32H32F3N3O3. The molecule has 2 saturated heterocycles. The number of fused-ring (bicyclic) bond motifs is 1. The Kier molecular flexibility index (Phi) is 8.42. The first-order chi connectivity index (χ1) is 19.7. The Morgan fingerprint density at radius 2 is 1.76 bits per heavy atom. The maximum Gasteiger partial charge on any atom is 0.254 e. The Labute approximate surface area is 237 Å². The fourth-order valence-electron chi connectivity index (χ4n) is 5.98. The second kappa shape index (κ2) is 12.2. The van der Waals surface area contributed by atoms with E-state index < -0.39 is 23.5 Å². The molecular weight excluding hydrogens is 531 g/mol. The molecule has 214 valence electrons. The third kappa shape index (κ3) is 6.29. The lowest BCUT2D eigenvalue weighted by Crippen LogP contribution is -2.48. The molecule has 2 aliphatic rings. The number of benzene rings is 3. The minimum Gasteiger partial charge on any atom is -0.348 e. The Hall–Kier alpha value is -4.14. The van der Waals surface area contributed by atoms with Gasteiger partial charge in [0.1, 0.15) is 5.82 Å². The third-order valence-electron chi connectivity index (χ3n) is 8.14. The average Bonchev–Trinajstić information content (AvgIpc) is 3.41. The summed E-state index contributed by atoms with van der Waals surface area (Å²) in [7, 11) is 0. The number of halogens is 3. The Balaban J connectivity index is 1.30. The maximum absolute atomic E-state index is 14.2. The Morgan fingerprint density at radius 1 is 0.976 bits per heavy atom. The van der Waals surface area contributed by atoms with Gasteiger partial charge < -0.3 is 15.1 Å². The van der Waals surface area contributed by atoms with E-state index in [1.165, 1.54) is 25.1 Å². The first-order valence-electron chi connectivity index (χ1n) is 13.8. The number of rotatable bonds is 7. The molecule has 9 heteroatoms.